The Morgan fingerprint density at radius 3 is 2.60 bits per heavy atom. The van der Waals surface area contributed by atoms with E-state index in [-0.39, 0.29) is 0 Å². The number of carboxylic acid groups (broad SMARTS) is 1. The SMILES string of the molecule is NC1(C(=O)O)CCC2CC21. The highest BCUT2D eigenvalue weighted by atomic mass is 16.4. The second-order valence-corrected chi connectivity index (χ2v) is 3.49. The van der Waals surface area contributed by atoms with Crippen LogP contribution in [-0.2, 0) is 4.79 Å². The first-order valence-corrected chi connectivity index (χ1v) is 3.67. The minimum absolute atomic E-state index is 0.296. The Kier molecular flexibility index (Phi) is 0.944. The molecular weight excluding hydrogens is 130 g/mol. The van der Waals surface area contributed by atoms with Crippen molar-refractivity contribution >= 4 is 5.97 Å². The minimum atomic E-state index is -0.856. The van der Waals surface area contributed by atoms with Crippen molar-refractivity contribution < 1.29 is 9.90 Å². The van der Waals surface area contributed by atoms with Gasteiger partial charge in [-0.2, -0.15) is 0 Å². The molecule has 0 aromatic heterocycles. The third-order valence-electron chi connectivity index (χ3n) is 2.91. The molecule has 0 radical (unpaired) electrons. The predicted octanol–water partition coefficient (Wildman–Crippen LogP) is 0.198. The van der Waals surface area contributed by atoms with Gasteiger partial charge in [-0.3, -0.25) is 4.79 Å². The maximum atomic E-state index is 10.6. The van der Waals surface area contributed by atoms with Gasteiger partial charge in [0.25, 0.3) is 0 Å². The summed E-state index contributed by atoms with van der Waals surface area (Å²) in [4.78, 5) is 10.6. The Bertz CT molecular complexity index is 192. The lowest BCUT2D eigenvalue weighted by Crippen LogP contribution is -2.48. The van der Waals surface area contributed by atoms with E-state index >= 15 is 0 Å². The molecule has 0 amide bonds. The number of aliphatic carboxylic acids is 1. The van der Waals surface area contributed by atoms with Gasteiger partial charge >= 0.3 is 5.97 Å². The van der Waals surface area contributed by atoms with Gasteiger partial charge in [0, 0.05) is 0 Å². The lowest BCUT2D eigenvalue weighted by Gasteiger charge is -2.19. The molecule has 2 fully saturated rings. The van der Waals surface area contributed by atoms with Crippen LogP contribution in [0.5, 0.6) is 0 Å². The van der Waals surface area contributed by atoms with Gasteiger partial charge < -0.3 is 10.8 Å². The molecule has 0 saturated heterocycles. The zero-order valence-electron chi connectivity index (χ0n) is 5.71. The van der Waals surface area contributed by atoms with Crippen LogP contribution in [0, 0.1) is 11.8 Å². The highest BCUT2D eigenvalue weighted by molar-refractivity contribution is 5.80. The van der Waals surface area contributed by atoms with Crippen molar-refractivity contribution in [3.63, 3.8) is 0 Å². The molecule has 0 aliphatic heterocycles. The van der Waals surface area contributed by atoms with Crippen molar-refractivity contribution in [2.45, 2.75) is 24.8 Å². The first-order chi connectivity index (χ1) is 4.64. The molecule has 10 heavy (non-hydrogen) atoms. The summed E-state index contributed by atoms with van der Waals surface area (Å²) in [6.07, 6.45) is 2.74. The molecular formula is C7H11NO2. The van der Waals surface area contributed by atoms with Crippen LogP contribution in [0.2, 0.25) is 0 Å². The third-order valence-corrected chi connectivity index (χ3v) is 2.91. The second kappa shape index (κ2) is 1.53. The van der Waals surface area contributed by atoms with Crippen LogP contribution in [-0.4, -0.2) is 16.6 Å². The Balaban J connectivity index is 2.21. The monoisotopic (exact) mass is 141 g/mol. The number of carboxylic acids is 1. The average molecular weight is 141 g/mol. The normalized spacial score (nSPS) is 50.5. The van der Waals surface area contributed by atoms with Crippen molar-refractivity contribution in [3.8, 4) is 0 Å². The fraction of sp³-hybridized carbons (Fsp3) is 0.857. The van der Waals surface area contributed by atoms with Crippen LogP contribution < -0.4 is 5.73 Å². The van der Waals surface area contributed by atoms with Crippen molar-refractivity contribution in [1.29, 1.82) is 0 Å². The van der Waals surface area contributed by atoms with E-state index in [4.69, 9.17) is 10.8 Å². The van der Waals surface area contributed by atoms with Gasteiger partial charge in [0.05, 0.1) is 0 Å². The Hall–Kier alpha value is -0.570. The largest absolute Gasteiger partial charge is 0.480 e. The number of nitrogens with two attached hydrogens (primary N) is 1. The molecule has 3 heteroatoms. The molecule has 3 nitrogen and oxygen atoms in total. The molecule has 2 saturated carbocycles. The summed E-state index contributed by atoms with van der Waals surface area (Å²) in [6, 6.07) is 0. The molecule has 2 aliphatic carbocycles. The molecule has 56 valence electrons. The Labute approximate surface area is 59.2 Å². The summed E-state index contributed by atoms with van der Waals surface area (Å²) in [7, 11) is 0. The summed E-state index contributed by atoms with van der Waals surface area (Å²) >= 11 is 0. The standard InChI is InChI=1S/C7H11NO2/c8-7(6(9)10)2-1-4-3-5(4)7/h4-5H,1-3,8H2,(H,9,10). The zero-order chi connectivity index (χ0) is 7.35. The summed E-state index contributed by atoms with van der Waals surface area (Å²) in [5.74, 6) is 0.128. The summed E-state index contributed by atoms with van der Waals surface area (Å²) < 4.78 is 0. The van der Waals surface area contributed by atoms with E-state index in [2.05, 4.69) is 0 Å². The van der Waals surface area contributed by atoms with Gasteiger partial charge in [-0.25, -0.2) is 0 Å². The van der Waals surface area contributed by atoms with E-state index in [0.717, 1.165) is 12.8 Å². The first kappa shape index (κ1) is 6.16. The zero-order valence-corrected chi connectivity index (χ0v) is 5.71. The van der Waals surface area contributed by atoms with Crippen LogP contribution in [0.4, 0.5) is 0 Å². The number of hydrogen-bond donors (Lipinski definition) is 2. The summed E-state index contributed by atoms with van der Waals surface area (Å²) in [6.45, 7) is 0. The topological polar surface area (TPSA) is 63.3 Å². The van der Waals surface area contributed by atoms with Crippen molar-refractivity contribution in [1.82, 2.24) is 0 Å². The fourth-order valence-electron chi connectivity index (χ4n) is 2.07. The lowest BCUT2D eigenvalue weighted by molar-refractivity contribution is -0.143. The third kappa shape index (κ3) is 0.560. The predicted molar refractivity (Wildman–Crippen MR) is 35.4 cm³/mol. The molecule has 3 unspecified atom stereocenters. The molecule has 0 aromatic carbocycles. The number of rotatable bonds is 1. The quantitative estimate of drug-likeness (QED) is 0.548. The molecule has 3 atom stereocenters. The first-order valence-electron chi connectivity index (χ1n) is 3.67. The highest BCUT2D eigenvalue weighted by Crippen LogP contribution is 2.56. The average Bonchev–Trinajstić information content (AvgIpc) is 2.56. The van der Waals surface area contributed by atoms with Gasteiger partial charge in [0.15, 0.2) is 0 Å². The molecule has 3 N–H and O–H groups in total. The van der Waals surface area contributed by atoms with E-state index in [1.807, 2.05) is 0 Å². The van der Waals surface area contributed by atoms with Crippen LogP contribution in [0.3, 0.4) is 0 Å². The van der Waals surface area contributed by atoms with Crippen molar-refractivity contribution in [2.75, 3.05) is 0 Å². The second-order valence-electron chi connectivity index (χ2n) is 3.49. The maximum absolute atomic E-state index is 10.6. The Morgan fingerprint density at radius 2 is 2.40 bits per heavy atom. The molecule has 0 heterocycles. The van der Waals surface area contributed by atoms with E-state index in [1.54, 1.807) is 0 Å². The van der Waals surface area contributed by atoms with Crippen LogP contribution >= 0.6 is 0 Å². The number of carbonyl (C=O) groups is 1. The lowest BCUT2D eigenvalue weighted by atomic mass is 9.95. The van der Waals surface area contributed by atoms with Gasteiger partial charge in [-0.1, -0.05) is 0 Å². The summed E-state index contributed by atoms with van der Waals surface area (Å²) in [5, 5.41) is 8.74. The van der Waals surface area contributed by atoms with Crippen LogP contribution in [0.1, 0.15) is 19.3 Å². The Morgan fingerprint density at radius 1 is 1.70 bits per heavy atom. The van der Waals surface area contributed by atoms with Gasteiger partial charge in [0.1, 0.15) is 5.54 Å². The van der Waals surface area contributed by atoms with Crippen molar-refractivity contribution in [3.05, 3.63) is 0 Å². The highest BCUT2D eigenvalue weighted by Gasteiger charge is 2.59. The molecule has 0 aromatic rings. The van der Waals surface area contributed by atoms with E-state index in [9.17, 15) is 4.79 Å². The van der Waals surface area contributed by atoms with Crippen molar-refractivity contribution in [2.24, 2.45) is 17.6 Å². The fourth-order valence-corrected chi connectivity index (χ4v) is 2.07. The van der Waals surface area contributed by atoms with E-state index in [0.29, 0.717) is 18.3 Å². The molecule has 2 aliphatic rings. The minimum Gasteiger partial charge on any atom is -0.480 e. The molecule has 2 rings (SSSR count). The van der Waals surface area contributed by atoms with Crippen LogP contribution in [0.15, 0.2) is 0 Å². The maximum Gasteiger partial charge on any atom is 0.323 e. The van der Waals surface area contributed by atoms with Gasteiger partial charge in [-0.15, -0.1) is 0 Å². The van der Waals surface area contributed by atoms with E-state index < -0.39 is 11.5 Å². The van der Waals surface area contributed by atoms with Gasteiger partial charge in [0.2, 0.25) is 0 Å². The smallest absolute Gasteiger partial charge is 0.323 e. The number of fused-ring (bicyclic) bond motifs is 1. The molecule has 0 bridgehead atoms. The van der Waals surface area contributed by atoms with Crippen LogP contribution in [0.25, 0.3) is 0 Å². The molecule has 0 spiro atoms. The number of hydrogen-bond acceptors (Lipinski definition) is 2. The van der Waals surface area contributed by atoms with Gasteiger partial charge in [-0.05, 0) is 31.1 Å². The van der Waals surface area contributed by atoms with E-state index in [1.165, 1.54) is 0 Å². The summed E-state index contributed by atoms with van der Waals surface area (Å²) in [5.41, 5.74) is 4.83.